The van der Waals surface area contributed by atoms with Crippen LogP contribution in [0.25, 0.3) is 0 Å². The first-order valence-corrected chi connectivity index (χ1v) is 2.48. The third-order valence-corrected chi connectivity index (χ3v) is 1.00. The molecule has 0 N–H and O–H groups in total. The second-order valence-corrected chi connectivity index (χ2v) is 1.95. The molecule has 11 heavy (non-hydrogen) atoms. The van der Waals surface area contributed by atoms with Crippen molar-refractivity contribution < 1.29 is 26.3 Å². The highest BCUT2D eigenvalue weighted by Crippen LogP contribution is 2.32. The number of allylic oxidation sites excluding steroid dienone is 1. The van der Waals surface area contributed by atoms with Crippen molar-refractivity contribution in [3.63, 3.8) is 0 Å². The molecule has 0 radical (unpaired) electrons. The summed E-state index contributed by atoms with van der Waals surface area (Å²) < 4.78 is 69.3. The highest BCUT2D eigenvalue weighted by atomic mass is 19.3. The fraction of sp³-hybridized carbons (Fsp3) is 0.600. The molecular formula is C5H4F6. The Labute approximate surface area is 58.5 Å². The molecule has 66 valence electrons. The summed E-state index contributed by atoms with van der Waals surface area (Å²) in [6.45, 7) is 0.0478. The van der Waals surface area contributed by atoms with E-state index in [9.17, 15) is 26.3 Å². The summed E-state index contributed by atoms with van der Waals surface area (Å²) in [6, 6.07) is 0. The molecule has 0 amide bonds. The topological polar surface area (TPSA) is 0 Å². The Morgan fingerprint density at radius 3 is 1.64 bits per heavy atom. The summed E-state index contributed by atoms with van der Waals surface area (Å²) in [7, 11) is 0. The Balaban J connectivity index is 4.70. The Kier molecular flexibility index (Phi) is 2.95. The van der Waals surface area contributed by atoms with E-state index in [0.29, 0.717) is 0 Å². The molecule has 0 aromatic heterocycles. The molecule has 0 spiro atoms. The second kappa shape index (κ2) is 3.15. The highest BCUT2D eigenvalue weighted by molar-refractivity contribution is 5.09. The van der Waals surface area contributed by atoms with Gasteiger partial charge in [-0.15, -0.1) is 0 Å². The quantitative estimate of drug-likeness (QED) is 0.570. The Morgan fingerprint density at radius 1 is 1.18 bits per heavy atom. The lowest BCUT2D eigenvalue weighted by molar-refractivity contribution is -0.0147. The molecule has 1 atom stereocenters. The van der Waals surface area contributed by atoms with Crippen molar-refractivity contribution in [2.24, 2.45) is 0 Å². The van der Waals surface area contributed by atoms with Gasteiger partial charge < -0.3 is 0 Å². The molecule has 0 aliphatic carbocycles. The predicted molar refractivity (Wildman–Crippen MR) is 25.9 cm³/mol. The average Bonchev–Trinajstić information content (AvgIpc) is 1.85. The monoisotopic (exact) mass is 178 g/mol. The first-order chi connectivity index (χ1) is 4.80. The van der Waals surface area contributed by atoms with Gasteiger partial charge in [0.05, 0.1) is 0 Å². The summed E-state index contributed by atoms with van der Waals surface area (Å²) in [5.41, 5.74) is -3.89. The van der Waals surface area contributed by atoms with Gasteiger partial charge in [0, 0.05) is 0 Å². The van der Waals surface area contributed by atoms with Crippen molar-refractivity contribution in [2.75, 3.05) is 0 Å². The molecule has 0 fully saturated rings. The van der Waals surface area contributed by atoms with Crippen LogP contribution in [0.1, 0.15) is 6.92 Å². The SMILES string of the molecule is CC(F)(C(F)=C(F)F)C(F)F. The minimum atomic E-state index is -3.89. The fourth-order valence-electron chi connectivity index (χ4n) is 0.281. The summed E-state index contributed by atoms with van der Waals surface area (Å²) in [5, 5.41) is 0. The molecule has 0 bridgehead atoms. The average molecular weight is 178 g/mol. The van der Waals surface area contributed by atoms with Gasteiger partial charge in [-0.1, -0.05) is 0 Å². The van der Waals surface area contributed by atoms with Crippen LogP contribution in [0.15, 0.2) is 11.9 Å². The van der Waals surface area contributed by atoms with Gasteiger partial charge in [0.1, 0.15) is 0 Å². The van der Waals surface area contributed by atoms with Gasteiger partial charge >= 0.3 is 6.08 Å². The molecule has 1 unspecified atom stereocenters. The van der Waals surface area contributed by atoms with Crippen LogP contribution in [0.5, 0.6) is 0 Å². The molecule has 0 aromatic carbocycles. The van der Waals surface area contributed by atoms with E-state index in [4.69, 9.17) is 0 Å². The minimum Gasteiger partial charge on any atom is -0.230 e. The Hall–Kier alpha value is -0.680. The van der Waals surface area contributed by atoms with Crippen molar-refractivity contribution >= 4 is 0 Å². The van der Waals surface area contributed by atoms with Gasteiger partial charge in [-0.2, -0.15) is 8.78 Å². The number of hydrogen-bond donors (Lipinski definition) is 0. The van der Waals surface area contributed by atoms with E-state index in [1.807, 2.05) is 0 Å². The molecular weight excluding hydrogens is 174 g/mol. The summed E-state index contributed by atoms with van der Waals surface area (Å²) in [5.74, 6) is -2.72. The molecule has 0 saturated carbocycles. The summed E-state index contributed by atoms with van der Waals surface area (Å²) in [6.07, 6.45) is -6.86. The maximum atomic E-state index is 12.2. The Bertz CT molecular complexity index is 166. The van der Waals surface area contributed by atoms with Crippen LogP contribution in [-0.4, -0.2) is 12.1 Å². The zero-order valence-electron chi connectivity index (χ0n) is 5.35. The molecule has 0 aliphatic heterocycles. The largest absolute Gasteiger partial charge is 0.305 e. The van der Waals surface area contributed by atoms with Gasteiger partial charge in [-0.05, 0) is 6.92 Å². The van der Waals surface area contributed by atoms with Crippen molar-refractivity contribution in [2.45, 2.75) is 19.0 Å². The van der Waals surface area contributed by atoms with Crippen molar-refractivity contribution in [1.29, 1.82) is 0 Å². The van der Waals surface area contributed by atoms with Gasteiger partial charge in [0.25, 0.3) is 6.43 Å². The van der Waals surface area contributed by atoms with Crippen LogP contribution in [-0.2, 0) is 0 Å². The lowest BCUT2D eigenvalue weighted by Gasteiger charge is -2.15. The lowest BCUT2D eigenvalue weighted by atomic mass is 10.1. The van der Waals surface area contributed by atoms with E-state index in [1.54, 1.807) is 0 Å². The fourth-order valence-corrected chi connectivity index (χ4v) is 0.281. The predicted octanol–water partition coefficient (Wildman–Crippen LogP) is 3.06. The third kappa shape index (κ3) is 2.13. The molecule has 0 nitrogen and oxygen atoms in total. The Morgan fingerprint density at radius 2 is 1.55 bits per heavy atom. The first-order valence-electron chi connectivity index (χ1n) is 2.48. The van der Waals surface area contributed by atoms with Crippen molar-refractivity contribution in [3.8, 4) is 0 Å². The van der Waals surface area contributed by atoms with E-state index in [1.165, 1.54) is 0 Å². The van der Waals surface area contributed by atoms with Crippen LogP contribution in [0, 0.1) is 0 Å². The number of rotatable bonds is 2. The van der Waals surface area contributed by atoms with Crippen LogP contribution in [0.3, 0.4) is 0 Å². The zero-order chi connectivity index (χ0) is 9.23. The number of hydrogen-bond acceptors (Lipinski definition) is 0. The van der Waals surface area contributed by atoms with Gasteiger partial charge in [-0.3, -0.25) is 0 Å². The zero-order valence-corrected chi connectivity index (χ0v) is 5.35. The van der Waals surface area contributed by atoms with Gasteiger partial charge in [0.15, 0.2) is 0 Å². The molecule has 0 aliphatic rings. The van der Waals surface area contributed by atoms with Crippen LogP contribution < -0.4 is 0 Å². The van der Waals surface area contributed by atoms with Crippen molar-refractivity contribution in [1.82, 2.24) is 0 Å². The maximum Gasteiger partial charge on any atom is 0.305 e. The van der Waals surface area contributed by atoms with E-state index in [2.05, 4.69) is 0 Å². The standard InChI is InChI=1S/C5H4F6/c1-5(11,4(9)10)2(6)3(7)8/h4H,1H3. The minimum absolute atomic E-state index is 0.0478. The molecule has 6 heteroatoms. The first kappa shape index (κ1) is 10.3. The van der Waals surface area contributed by atoms with E-state index >= 15 is 0 Å². The van der Waals surface area contributed by atoms with Crippen LogP contribution >= 0.6 is 0 Å². The normalized spacial score (nSPS) is 16.4. The van der Waals surface area contributed by atoms with Gasteiger partial charge in [0.2, 0.25) is 11.5 Å². The molecule has 0 heterocycles. The van der Waals surface area contributed by atoms with E-state index in [0.717, 1.165) is 0 Å². The molecule has 0 saturated heterocycles. The molecule has 0 rings (SSSR count). The smallest absolute Gasteiger partial charge is 0.230 e. The van der Waals surface area contributed by atoms with E-state index in [-0.39, 0.29) is 6.92 Å². The number of halogens is 6. The third-order valence-electron chi connectivity index (χ3n) is 1.00. The van der Waals surface area contributed by atoms with Crippen LogP contribution in [0.4, 0.5) is 26.3 Å². The summed E-state index contributed by atoms with van der Waals surface area (Å²) >= 11 is 0. The highest BCUT2D eigenvalue weighted by Gasteiger charge is 2.43. The second-order valence-electron chi connectivity index (χ2n) is 1.95. The van der Waals surface area contributed by atoms with Gasteiger partial charge in [-0.25, -0.2) is 17.6 Å². The lowest BCUT2D eigenvalue weighted by Crippen LogP contribution is -2.29. The molecule has 0 aromatic rings. The van der Waals surface area contributed by atoms with E-state index < -0.39 is 24.0 Å². The van der Waals surface area contributed by atoms with Crippen LogP contribution in [0.2, 0.25) is 0 Å². The summed E-state index contributed by atoms with van der Waals surface area (Å²) in [4.78, 5) is 0. The number of alkyl halides is 3. The maximum absolute atomic E-state index is 12.2. The van der Waals surface area contributed by atoms with Crippen molar-refractivity contribution in [3.05, 3.63) is 11.9 Å².